The maximum atomic E-state index is 10.9. The molecule has 108 valence electrons. The van der Waals surface area contributed by atoms with E-state index in [4.69, 9.17) is 0 Å². The Labute approximate surface area is 123 Å². The number of hydrogen-bond acceptors (Lipinski definition) is 4. The molecule has 0 aromatic heterocycles. The highest BCUT2D eigenvalue weighted by molar-refractivity contribution is 5.69. The Bertz CT molecular complexity index is 698. The van der Waals surface area contributed by atoms with Gasteiger partial charge in [-0.25, -0.2) is 0 Å². The SMILES string of the molecule is Cc1ccc([N+](=O)[O-])cc1Nc1cccc2c1CCNC2. The molecule has 5 nitrogen and oxygen atoms in total. The Kier molecular flexibility index (Phi) is 3.58. The van der Waals surface area contributed by atoms with E-state index < -0.39 is 0 Å². The van der Waals surface area contributed by atoms with Crippen LogP contribution in [0.4, 0.5) is 17.1 Å². The molecule has 5 heteroatoms. The van der Waals surface area contributed by atoms with Gasteiger partial charge in [0.2, 0.25) is 0 Å². The molecule has 2 N–H and O–H groups in total. The number of anilines is 2. The Balaban J connectivity index is 1.97. The van der Waals surface area contributed by atoms with Crippen LogP contribution in [0.15, 0.2) is 36.4 Å². The molecular formula is C16H17N3O2. The molecule has 0 saturated carbocycles. The average molecular weight is 283 g/mol. The quantitative estimate of drug-likeness (QED) is 0.670. The molecule has 3 rings (SSSR count). The van der Waals surface area contributed by atoms with Gasteiger partial charge in [-0.3, -0.25) is 10.1 Å². The standard InChI is InChI=1S/C16H17N3O2/c1-11-5-6-13(19(20)21)9-16(11)18-15-4-2-3-12-10-17-8-7-14(12)15/h2-6,9,17-18H,7-8,10H2,1H3. The van der Waals surface area contributed by atoms with Crippen molar-refractivity contribution in [2.24, 2.45) is 0 Å². The van der Waals surface area contributed by atoms with Crippen molar-refractivity contribution in [3.63, 3.8) is 0 Å². The number of nitrogens with one attached hydrogen (secondary N) is 2. The number of nitro groups is 1. The maximum Gasteiger partial charge on any atom is 0.271 e. The molecule has 21 heavy (non-hydrogen) atoms. The van der Waals surface area contributed by atoms with Crippen molar-refractivity contribution >= 4 is 17.1 Å². The summed E-state index contributed by atoms with van der Waals surface area (Å²) in [7, 11) is 0. The van der Waals surface area contributed by atoms with E-state index in [1.807, 2.05) is 19.1 Å². The lowest BCUT2D eigenvalue weighted by atomic mass is 9.98. The highest BCUT2D eigenvalue weighted by atomic mass is 16.6. The Morgan fingerprint density at radius 1 is 1.24 bits per heavy atom. The zero-order valence-corrected chi connectivity index (χ0v) is 11.8. The van der Waals surface area contributed by atoms with Gasteiger partial charge in [0.15, 0.2) is 0 Å². The number of benzene rings is 2. The number of rotatable bonds is 3. The fourth-order valence-electron chi connectivity index (χ4n) is 2.65. The van der Waals surface area contributed by atoms with Gasteiger partial charge >= 0.3 is 0 Å². The topological polar surface area (TPSA) is 67.2 Å². The van der Waals surface area contributed by atoms with Crippen LogP contribution in [0.3, 0.4) is 0 Å². The van der Waals surface area contributed by atoms with Crippen LogP contribution in [0.5, 0.6) is 0 Å². The molecule has 1 aliphatic heterocycles. The number of aryl methyl sites for hydroxylation is 1. The monoisotopic (exact) mass is 283 g/mol. The van der Waals surface area contributed by atoms with E-state index in [-0.39, 0.29) is 10.6 Å². The summed E-state index contributed by atoms with van der Waals surface area (Å²) in [6.07, 6.45) is 0.965. The van der Waals surface area contributed by atoms with Crippen LogP contribution in [-0.2, 0) is 13.0 Å². The average Bonchev–Trinajstić information content (AvgIpc) is 2.49. The first kappa shape index (κ1) is 13.6. The lowest BCUT2D eigenvalue weighted by molar-refractivity contribution is -0.384. The molecule has 2 aromatic rings. The second kappa shape index (κ2) is 5.54. The van der Waals surface area contributed by atoms with Crippen molar-refractivity contribution in [1.82, 2.24) is 5.32 Å². The first-order valence-corrected chi connectivity index (χ1v) is 6.99. The summed E-state index contributed by atoms with van der Waals surface area (Å²) in [6, 6.07) is 11.1. The van der Waals surface area contributed by atoms with Gasteiger partial charge in [-0.1, -0.05) is 18.2 Å². The van der Waals surface area contributed by atoms with Crippen molar-refractivity contribution in [1.29, 1.82) is 0 Å². The molecule has 0 amide bonds. The van der Waals surface area contributed by atoms with E-state index >= 15 is 0 Å². The summed E-state index contributed by atoms with van der Waals surface area (Å²) in [5.41, 5.74) is 5.51. The van der Waals surface area contributed by atoms with Crippen molar-refractivity contribution in [2.75, 3.05) is 11.9 Å². The highest BCUT2D eigenvalue weighted by Crippen LogP contribution is 2.29. The number of hydrogen-bond donors (Lipinski definition) is 2. The Morgan fingerprint density at radius 3 is 2.90 bits per heavy atom. The molecule has 0 aliphatic carbocycles. The molecule has 0 radical (unpaired) electrons. The van der Waals surface area contributed by atoms with E-state index in [0.717, 1.165) is 36.4 Å². The van der Waals surface area contributed by atoms with Gasteiger partial charge in [-0.15, -0.1) is 0 Å². The van der Waals surface area contributed by atoms with Crippen LogP contribution in [0.25, 0.3) is 0 Å². The summed E-state index contributed by atoms with van der Waals surface area (Å²) < 4.78 is 0. The number of nitrogens with zero attached hydrogens (tertiary/aromatic N) is 1. The highest BCUT2D eigenvalue weighted by Gasteiger charge is 2.14. The van der Waals surface area contributed by atoms with Crippen LogP contribution >= 0.6 is 0 Å². The zero-order valence-electron chi connectivity index (χ0n) is 11.8. The lowest BCUT2D eigenvalue weighted by Gasteiger charge is -2.21. The Morgan fingerprint density at radius 2 is 2.10 bits per heavy atom. The van der Waals surface area contributed by atoms with E-state index in [1.54, 1.807) is 12.1 Å². The molecule has 0 saturated heterocycles. The molecule has 1 aliphatic rings. The minimum Gasteiger partial charge on any atom is -0.355 e. The first-order chi connectivity index (χ1) is 10.1. The van der Waals surface area contributed by atoms with Gasteiger partial charge in [-0.2, -0.15) is 0 Å². The van der Waals surface area contributed by atoms with Crippen molar-refractivity contribution in [3.05, 3.63) is 63.2 Å². The second-order valence-corrected chi connectivity index (χ2v) is 5.25. The van der Waals surface area contributed by atoms with Crippen LogP contribution in [-0.4, -0.2) is 11.5 Å². The van der Waals surface area contributed by atoms with Gasteiger partial charge < -0.3 is 10.6 Å². The minimum atomic E-state index is -0.366. The normalized spacial score (nSPS) is 13.6. The summed E-state index contributed by atoms with van der Waals surface area (Å²) in [4.78, 5) is 10.6. The molecule has 0 spiro atoms. The molecular weight excluding hydrogens is 266 g/mol. The van der Waals surface area contributed by atoms with Crippen molar-refractivity contribution in [3.8, 4) is 0 Å². The predicted molar refractivity (Wildman–Crippen MR) is 83.0 cm³/mol. The molecule has 2 aromatic carbocycles. The number of nitro benzene ring substituents is 1. The van der Waals surface area contributed by atoms with E-state index in [9.17, 15) is 10.1 Å². The third kappa shape index (κ3) is 2.73. The Hall–Kier alpha value is -2.40. The summed E-state index contributed by atoms with van der Waals surface area (Å²) in [5.74, 6) is 0. The molecule has 0 fully saturated rings. The van der Waals surface area contributed by atoms with E-state index in [1.165, 1.54) is 17.2 Å². The van der Waals surface area contributed by atoms with E-state index in [2.05, 4.69) is 16.7 Å². The first-order valence-electron chi connectivity index (χ1n) is 6.99. The zero-order chi connectivity index (χ0) is 14.8. The smallest absolute Gasteiger partial charge is 0.271 e. The fourth-order valence-corrected chi connectivity index (χ4v) is 2.65. The van der Waals surface area contributed by atoms with E-state index in [0.29, 0.717) is 0 Å². The fraction of sp³-hybridized carbons (Fsp3) is 0.250. The van der Waals surface area contributed by atoms with Crippen LogP contribution in [0.1, 0.15) is 16.7 Å². The van der Waals surface area contributed by atoms with Crippen LogP contribution in [0.2, 0.25) is 0 Å². The maximum absolute atomic E-state index is 10.9. The molecule has 0 unspecified atom stereocenters. The largest absolute Gasteiger partial charge is 0.355 e. The number of fused-ring (bicyclic) bond motifs is 1. The predicted octanol–water partition coefficient (Wildman–Crippen LogP) is 3.29. The van der Waals surface area contributed by atoms with Gasteiger partial charge in [0.05, 0.1) is 4.92 Å². The minimum absolute atomic E-state index is 0.106. The molecule has 0 atom stereocenters. The summed E-state index contributed by atoms with van der Waals surface area (Å²) in [6.45, 7) is 3.78. The van der Waals surface area contributed by atoms with Crippen molar-refractivity contribution in [2.45, 2.75) is 19.9 Å². The van der Waals surface area contributed by atoms with Crippen molar-refractivity contribution < 1.29 is 4.92 Å². The third-order valence-corrected chi connectivity index (χ3v) is 3.84. The third-order valence-electron chi connectivity index (χ3n) is 3.84. The lowest BCUT2D eigenvalue weighted by Crippen LogP contribution is -2.24. The van der Waals surface area contributed by atoms with Crippen LogP contribution < -0.4 is 10.6 Å². The summed E-state index contributed by atoms with van der Waals surface area (Å²) in [5, 5.41) is 17.6. The molecule has 0 bridgehead atoms. The summed E-state index contributed by atoms with van der Waals surface area (Å²) >= 11 is 0. The van der Waals surface area contributed by atoms with Gasteiger partial charge in [0.1, 0.15) is 0 Å². The molecule has 1 heterocycles. The van der Waals surface area contributed by atoms with Gasteiger partial charge in [-0.05, 0) is 42.6 Å². The van der Waals surface area contributed by atoms with Gasteiger partial charge in [0.25, 0.3) is 5.69 Å². The van der Waals surface area contributed by atoms with Crippen LogP contribution in [0, 0.1) is 17.0 Å². The van der Waals surface area contributed by atoms with Gasteiger partial charge in [0, 0.05) is 30.1 Å². The number of non-ortho nitro benzene ring substituents is 1. The second-order valence-electron chi connectivity index (χ2n) is 5.25.